The number of carbonyl (C=O) groups excluding carboxylic acids is 1. The van der Waals surface area contributed by atoms with Crippen molar-refractivity contribution in [2.45, 2.75) is 26.2 Å². The van der Waals surface area contributed by atoms with E-state index < -0.39 is 0 Å². The molecule has 110 valence electrons. The van der Waals surface area contributed by atoms with Crippen molar-refractivity contribution in [1.29, 1.82) is 0 Å². The van der Waals surface area contributed by atoms with E-state index in [1.807, 2.05) is 32.3 Å². The van der Waals surface area contributed by atoms with Crippen molar-refractivity contribution in [3.63, 3.8) is 0 Å². The predicted molar refractivity (Wildman–Crippen MR) is 84.0 cm³/mol. The molecule has 1 aliphatic rings. The molecule has 2 atom stereocenters. The number of nitrogens with one attached hydrogen (secondary N) is 1. The zero-order valence-electron chi connectivity index (χ0n) is 12.6. The summed E-state index contributed by atoms with van der Waals surface area (Å²) in [5.74, 6) is 0.532. The molecule has 1 saturated carbocycles. The van der Waals surface area contributed by atoms with Gasteiger partial charge in [-0.05, 0) is 49.9 Å². The van der Waals surface area contributed by atoms with Crippen LogP contribution in [0.25, 0.3) is 0 Å². The van der Waals surface area contributed by atoms with E-state index in [9.17, 15) is 4.79 Å². The molecule has 2 unspecified atom stereocenters. The average molecular weight is 275 g/mol. The Balaban J connectivity index is 2.10. The first-order valence-electron chi connectivity index (χ1n) is 7.32. The van der Waals surface area contributed by atoms with Gasteiger partial charge in [0.2, 0.25) is 5.91 Å². The third kappa shape index (κ3) is 3.12. The van der Waals surface area contributed by atoms with Gasteiger partial charge in [-0.25, -0.2) is 0 Å². The number of aryl methyl sites for hydroxylation is 1. The van der Waals surface area contributed by atoms with E-state index in [4.69, 9.17) is 5.73 Å². The van der Waals surface area contributed by atoms with Gasteiger partial charge in [-0.3, -0.25) is 4.79 Å². The molecule has 3 N–H and O–H groups in total. The van der Waals surface area contributed by atoms with Crippen LogP contribution in [0.2, 0.25) is 0 Å². The lowest BCUT2D eigenvalue weighted by Crippen LogP contribution is -2.29. The Morgan fingerprint density at radius 3 is 2.80 bits per heavy atom. The Kier molecular flexibility index (Phi) is 4.65. The molecule has 0 radical (unpaired) electrons. The summed E-state index contributed by atoms with van der Waals surface area (Å²) in [5.41, 5.74) is 8.95. The van der Waals surface area contributed by atoms with Crippen molar-refractivity contribution < 1.29 is 4.79 Å². The number of amides is 1. The SMILES string of the molecule is Cc1ccc(NC(=O)C2CCCC2CN)cc1N(C)C. The zero-order valence-corrected chi connectivity index (χ0v) is 12.6. The van der Waals surface area contributed by atoms with Gasteiger partial charge in [-0.1, -0.05) is 12.5 Å². The number of nitrogens with zero attached hydrogens (tertiary/aromatic N) is 1. The van der Waals surface area contributed by atoms with Gasteiger partial charge in [0.1, 0.15) is 0 Å². The summed E-state index contributed by atoms with van der Waals surface area (Å²) in [6.07, 6.45) is 3.14. The number of carbonyl (C=O) groups is 1. The van der Waals surface area contributed by atoms with Crippen molar-refractivity contribution >= 4 is 17.3 Å². The van der Waals surface area contributed by atoms with Crippen LogP contribution < -0.4 is 16.0 Å². The van der Waals surface area contributed by atoms with Gasteiger partial charge in [0.25, 0.3) is 0 Å². The van der Waals surface area contributed by atoms with Crippen molar-refractivity contribution in [2.24, 2.45) is 17.6 Å². The summed E-state index contributed by atoms with van der Waals surface area (Å²) >= 11 is 0. The number of nitrogens with two attached hydrogens (primary N) is 1. The molecule has 1 aliphatic carbocycles. The Morgan fingerprint density at radius 2 is 2.15 bits per heavy atom. The van der Waals surface area contributed by atoms with Crippen LogP contribution in [0.3, 0.4) is 0 Å². The Labute approximate surface area is 121 Å². The van der Waals surface area contributed by atoms with Crippen LogP contribution in [-0.4, -0.2) is 26.5 Å². The maximum absolute atomic E-state index is 12.4. The number of anilines is 2. The van der Waals surface area contributed by atoms with Gasteiger partial charge >= 0.3 is 0 Å². The normalized spacial score (nSPS) is 21.8. The number of benzene rings is 1. The number of hydrogen-bond acceptors (Lipinski definition) is 3. The first kappa shape index (κ1) is 14.9. The highest BCUT2D eigenvalue weighted by atomic mass is 16.1. The highest BCUT2D eigenvalue weighted by molar-refractivity contribution is 5.93. The van der Waals surface area contributed by atoms with E-state index in [0.29, 0.717) is 12.5 Å². The molecule has 4 nitrogen and oxygen atoms in total. The molecule has 1 aromatic carbocycles. The highest BCUT2D eigenvalue weighted by Gasteiger charge is 2.31. The maximum Gasteiger partial charge on any atom is 0.227 e. The quantitative estimate of drug-likeness (QED) is 0.887. The Morgan fingerprint density at radius 1 is 1.40 bits per heavy atom. The third-order valence-electron chi connectivity index (χ3n) is 4.26. The van der Waals surface area contributed by atoms with E-state index in [2.05, 4.69) is 17.1 Å². The van der Waals surface area contributed by atoms with E-state index in [0.717, 1.165) is 30.6 Å². The van der Waals surface area contributed by atoms with Crippen LogP contribution in [-0.2, 0) is 4.79 Å². The largest absolute Gasteiger partial charge is 0.377 e. The van der Waals surface area contributed by atoms with E-state index in [1.165, 1.54) is 5.56 Å². The first-order valence-corrected chi connectivity index (χ1v) is 7.32. The van der Waals surface area contributed by atoms with Crippen LogP contribution in [0.15, 0.2) is 18.2 Å². The fourth-order valence-electron chi connectivity index (χ4n) is 3.07. The summed E-state index contributed by atoms with van der Waals surface area (Å²) in [6.45, 7) is 2.68. The van der Waals surface area contributed by atoms with Crippen molar-refractivity contribution in [2.75, 3.05) is 30.9 Å². The molecule has 1 fully saturated rings. The topological polar surface area (TPSA) is 58.4 Å². The minimum atomic E-state index is 0.0732. The summed E-state index contributed by atoms with van der Waals surface area (Å²) < 4.78 is 0. The van der Waals surface area contributed by atoms with E-state index in [-0.39, 0.29) is 11.8 Å². The van der Waals surface area contributed by atoms with E-state index >= 15 is 0 Å². The Hall–Kier alpha value is -1.55. The lowest BCUT2D eigenvalue weighted by molar-refractivity contribution is -0.120. The fraction of sp³-hybridized carbons (Fsp3) is 0.562. The minimum absolute atomic E-state index is 0.0732. The monoisotopic (exact) mass is 275 g/mol. The second kappa shape index (κ2) is 6.27. The predicted octanol–water partition coefficient (Wildman–Crippen LogP) is 2.37. The molecule has 2 rings (SSSR count). The average Bonchev–Trinajstić information content (AvgIpc) is 2.89. The van der Waals surface area contributed by atoms with Crippen LogP contribution in [0.1, 0.15) is 24.8 Å². The fourth-order valence-corrected chi connectivity index (χ4v) is 3.07. The molecular formula is C16H25N3O. The summed E-state index contributed by atoms with van der Waals surface area (Å²) in [7, 11) is 4.02. The summed E-state index contributed by atoms with van der Waals surface area (Å²) in [6, 6.07) is 6.03. The second-order valence-corrected chi connectivity index (χ2v) is 5.92. The van der Waals surface area contributed by atoms with Crippen LogP contribution in [0.5, 0.6) is 0 Å². The molecule has 0 spiro atoms. The zero-order chi connectivity index (χ0) is 14.7. The highest BCUT2D eigenvalue weighted by Crippen LogP contribution is 2.32. The summed E-state index contributed by atoms with van der Waals surface area (Å²) in [5, 5.41) is 3.05. The Bertz CT molecular complexity index is 485. The molecule has 0 bridgehead atoms. The van der Waals surface area contributed by atoms with Gasteiger partial charge in [-0.2, -0.15) is 0 Å². The van der Waals surface area contributed by atoms with Gasteiger partial charge < -0.3 is 16.0 Å². The van der Waals surface area contributed by atoms with Crippen molar-refractivity contribution in [3.05, 3.63) is 23.8 Å². The van der Waals surface area contributed by atoms with Crippen molar-refractivity contribution in [3.8, 4) is 0 Å². The maximum atomic E-state index is 12.4. The minimum Gasteiger partial charge on any atom is -0.377 e. The third-order valence-corrected chi connectivity index (χ3v) is 4.26. The standard InChI is InChI=1S/C16H25N3O/c1-11-7-8-13(9-15(11)19(2)3)18-16(20)14-6-4-5-12(14)10-17/h7-9,12,14H,4-6,10,17H2,1-3H3,(H,18,20). The molecule has 1 aromatic rings. The molecule has 0 aromatic heterocycles. The van der Waals surface area contributed by atoms with Gasteiger partial charge in [0, 0.05) is 31.4 Å². The first-order chi connectivity index (χ1) is 9.52. The van der Waals surface area contributed by atoms with Crippen LogP contribution >= 0.6 is 0 Å². The van der Waals surface area contributed by atoms with E-state index in [1.54, 1.807) is 0 Å². The van der Waals surface area contributed by atoms with Crippen LogP contribution in [0.4, 0.5) is 11.4 Å². The molecule has 0 saturated heterocycles. The molecule has 4 heteroatoms. The van der Waals surface area contributed by atoms with Crippen LogP contribution in [0, 0.1) is 18.8 Å². The lowest BCUT2D eigenvalue weighted by atomic mass is 9.95. The van der Waals surface area contributed by atoms with Gasteiger partial charge in [-0.15, -0.1) is 0 Å². The van der Waals surface area contributed by atoms with Crippen molar-refractivity contribution in [1.82, 2.24) is 0 Å². The molecule has 0 aliphatic heterocycles. The van der Waals surface area contributed by atoms with Gasteiger partial charge in [0.05, 0.1) is 0 Å². The second-order valence-electron chi connectivity index (χ2n) is 5.92. The number of hydrogen-bond donors (Lipinski definition) is 2. The summed E-state index contributed by atoms with van der Waals surface area (Å²) in [4.78, 5) is 14.4. The molecule has 20 heavy (non-hydrogen) atoms. The lowest BCUT2D eigenvalue weighted by Gasteiger charge is -2.20. The molecule has 1 amide bonds. The number of rotatable bonds is 4. The molecular weight excluding hydrogens is 250 g/mol. The smallest absolute Gasteiger partial charge is 0.227 e. The van der Waals surface area contributed by atoms with Gasteiger partial charge in [0.15, 0.2) is 0 Å². The molecule has 0 heterocycles.